The lowest BCUT2D eigenvalue weighted by molar-refractivity contribution is 0.272. The third-order valence-corrected chi connectivity index (χ3v) is 3.22. The van der Waals surface area contributed by atoms with Crippen molar-refractivity contribution in [3.63, 3.8) is 0 Å². The zero-order valence-electron chi connectivity index (χ0n) is 12.5. The molecule has 0 aliphatic carbocycles. The van der Waals surface area contributed by atoms with Gasteiger partial charge in [0.25, 0.3) is 0 Å². The minimum absolute atomic E-state index is 0.0953. The van der Waals surface area contributed by atoms with Gasteiger partial charge in [-0.15, -0.1) is 0 Å². The molecule has 2 nitrogen and oxygen atoms in total. The summed E-state index contributed by atoms with van der Waals surface area (Å²) in [4.78, 5) is 0. The largest absolute Gasteiger partial charge is 0.491 e. The number of hydrogen-bond acceptors (Lipinski definition) is 2. The molecule has 0 aliphatic rings. The van der Waals surface area contributed by atoms with Gasteiger partial charge in [0, 0.05) is 0 Å². The molecule has 2 aromatic rings. The van der Waals surface area contributed by atoms with E-state index < -0.39 is 6.67 Å². The highest BCUT2D eigenvalue weighted by molar-refractivity contribution is 6.70. The molecular weight excluding hydrogens is 266 g/mol. The van der Waals surface area contributed by atoms with Gasteiger partial charge < -0.3 is 9.47 Å². The summed E-state index contributed by atoms with van der Waals surface area (Å²) in [6.45, 7) is 4.99. The molecule has 0 amide bonds. The fourth-order valence-corrected chi connectivity index (χ4v) is 1.95. The molecule has 4 heteroatoms. The van der Waals surface area contributed by atoms with E-state index in [4.69, 9.17) is 9.47 Å². The Bertz CT molecular complexity index is 538. The van der Waals surface area contributed by atoms with Crippen LogP contribution in [0.2, 0.25) is 13.6 Å². The van der Waals surface area contributed by atoms with Crippen LogP contribution in [0.3, 0.4) is 0 Å². The molecule has 0 heterocycles. The fraction of sp³-hybridized carbons (Fsp3) is 0.294. The number of rotatable bonds is 7. The molecule has 0 unspecified atom stereocenters. The van der Waals surface area contributed by atoms with Crippen molar-refractivity contribution in [3.05, 3.63) is 54.1 Å². The molecular formula is C17H20BFO2. The average Bonchev–Trinajstić information content (AvgIpc) is 2.52. The van der Waals surface area contributed by atoms with Crippen molar-refractivity contribution in [2.24, 2.45) is 0 Å². The van der Waals surface area contributed by atoms with E-state index in [1.807, 2.05) is 36.4 Å². The highest BCUT2D eigenvalue weighted by Gasteiger charge is 2.03. The molecule has 2 rings (SSSR count). The third kappa shape index (κ3) is 4.81. The summed E-state index contributed by atoms with van der Waals surface area (Å²) in [7, 11) is 0. The van der Waals surface area contributed by atoms with E-state index in [0.29, 0.717) is 19.1 Å². The van der Waals surface area contributed by atoms with E-state index in [1.54, 1.807) is 0 Å². The molecule has 0 radical (unpaired) electrons. The standard InChI is InChI=1S/C17H20BFO2/c1-18(2)15-5-9-17(10-6-15)21-13-14-3-7-16(8-4-14)20-12-11-19/h3-10H,11-13H2,1-2H3. The van der Waals surface area contributed by atoms with Crippen LogP contribution >= 0.6 is 0 Å². The van der Waals surface area contributed by atoms with Crippen LogP contribution in [0.25, 0.3) is 0 Å². The number of hydrogen-bond donors (Lipinski definition) is 0. The summed E-state index contributed by atoms with van der Waals surface area (Å²) >= 11 is 0. The van der Waals surface area contributed by atoms with E-state index >= 15 is 0 Å². The number of alkyl halides is 1. The van der Waals surface area contributed by atoms with Crippen molar-refractivity contribution in [1.82, 2.24) is 0 Å². The molecule has 0 saturated heterocycles. The molecule has 0 aromatic heterocycles. The van der Waals surface area contributed by atoms with Crippen molar-refractivity contribution in [2.75, 3.05) is 13.3 Å². The molecule has 0 spiro atoms. The van der Waals surface area contributed by atoms with Gasteiger partial charge in [0.1, 0.15) is 31.4 Å². The van der Waals surface area contributed by atoms with Crippen LogP contribution in [0.15, 0.2) is 48.5 Å². The van der Waals surface area contributed by atoms with E-state index in [-0.39, 0.29) is 6.61 Å². The third-order valence-electron chi connectivity index (χ3n) is 3.22. The molecule has 0 saturated carbocycles. The molecule has 0 atom stereocenters. The normalized spacial score (nSPS) is 10.2. The van der Waals surface area contributed by atoms with E-state index in [1.165, 1.54) is 5.46 Å². The molecule has 0 N–H and O–H groups in total. The highest BCUT2D eigenvalue weighted by atomic mass is 19.1. The lowest BCUT2D eigenvalue weighted by Crippen LogP contribution is -2.21. The van der Waals surface area contributed by atoms with Gasteiger partial charge in [-0.2, -0.15) is 0 Å². The second-order valence-corrected chi connectivity index (χ2v) is 5.19. The summed E-state index contributed by atoms with van der Waals surface area (Å²) in [5, 5.41) is 0. The molecule has 110 valence electrons. The van der Waals surface area contributed by atoms with Crippen molar-refractivity contribution < 1.29 is 13.9 Å². The molecule has 21 heavy (non-hydrogen) atoms. The van der Waals surface area contributed by atoms with Gasteiger partial charge in [0.2, 0.25) is 0 Å². The summed E-state index contributed by atoms with van der Waals surface area (Å²) < 4.78 is 22.9. The fourth-order valence-electron chi connectivity index (χ4n) is 1.95. The lowest BCUT2D eigenvalue weighted by Gasteiger charge is -2.09. The van der Waals surface area contributed by atoms with Gasteiger partial charge in [0.05, 0.1) is 0 Å². The van der Waals surface area contributed by atoms with Crippen LogP contribution in [-0.2, 0) is 6.61 Å². The lowest BCUT2D eigenvalue weighted by atomic mass is 9.49. The van der Waals surface area contributed by atoms with Crippen LogP contribution in [0.1, 0.15) is 5.56 Å². The van der Waals surface area contributed by atoms with Crippen molar-refractivity contribution >= 4 is 12.2 Å². The monoisotopic (exact) mass is 286 g/mol. The summed E-state index contributed by atoms with van der Waals surface area (Å²) in [5.74, 6) is 1.54. The number of benzene rings is 2. The Morgan fingerprint density at radius 3 is 2.00 bits per heavy atom. The van der Waals surface area contributed by atoms with Crippen molar-refractivity contribution in [3.8, 4) is 11.5 Å². The van der Waals surface area contributed by atoms with Crippen LogP contribution in [-0.4, -0.2) is 20.0 Å². The minimum Gasteiger partial charge on any atom is -0.491 e. The first-order valence-electron chi connectivity index (χ1n) is 7.19. The van der Waals surface area contributed by atoms with Gasteiger partial charge in [-0.05, 0) is 29.8 Å². The first-order valence-corrected chi connectivity index (χ1v) is 7.19. The van der Waals surface area contributed by atoms with Crippen LogP contribution in [0, 0.1) is 0 Å². The summed E-state index contributed by atoms with van der Waals surface area (Å²) in [5.41, 5.74) is 2.35. The maximum Gasteiger partial charge on any atom is 0.169 e. The number of halogens is 1. The van der Waals surface area contributed by atoms with Crippen LogP contribution in [0.4, 0.5) is 4.39 Å². The van der Waals surface area contributed by atoms with Crippen LogP contribution in [0.5, 0.6) is 11.5 Å². The zero-order valence-corrected chi connectivity index (χ0v) is 12.5. The Kier molecular flexibility index (Phi) is 5.67. The second kappa shape index (κ2) is 7.72. The van der Waals surface area contributed by atoms with Gasteiger partial charge in [-0.1, -0.05) is 43.4 Å². The maximum absolute atomic E-state index is 12.0. The predicted molar refractivity (Wildman–Crippen MR) is 85.8 cm³/mol. The van der Waals surface area contributed by atoms with E-state index in [9.17, 15) is 4.39 Å². The van der Waals surface area contributed by atoms with E-state index in [2.05, 4.69) is 25.8 Å². The molecule has 0 aliphatic heterocycles. The van der Waals surface area contributed by atoms with Crippen molar-refractivity contribution in [2.45, 2.75) is 20.3 Å². The summed E-state index contributed by atoms with van der Waals surface area (Å²) in [6.07, 6.45) is 0. The Morgan fingerprint density at radius 1 is 0.857 bits per heavy atom. The van der Waals surface area contributed by atoms with Crippen molar-refractivity contribution in [1.29, 1.82) is 0 Å². The maximum atomic E-state index is 12.0. The Balaban J connectivity index is 1.87. The quantitative estimate of drug-likeness (QED) is 0.724. The second-order valence-electron chi connectivity index (χ2n) is 5.19. The van der Waals surface area contributed by atoms with Gasteiger partial charge in [-0.25, -0.2) is 4.39 Å². The van der Waals surface area contributed by atoms with Crippen LogP contribution < -0.4 is 14.9 Å². The highest BCUT2D eigenvalue weighted by Crippen LogP contribution is 2.15. The Morgan fingerprint density at radius 2 is 1.43 bits per heavy atom. The first kappa shape index (κ1) is 15.4. The van der Waals surface area contributed by atoms with Gasteiger partial charge in [-0.3, -0.25) is 0 Å². The predicted octanol–water partition coefficient (Wildman–Crippen LogP) is 3.58. The molecule has 0 bridgehead atoms. The molecule has 0 fully saturated rings. The summed E-state index contributed by atoms with van der Waals surface area (Å²) in [6, 6.07) is 15.7. The SMILES string of the molecule is CB(C)c1ccc(OCc2ccc(OCCF)cc2)cc1. The average molecular weight is 286 g/mol. The minimum atomic E-state index is -0.475. The van der Waals surface area contributed by atoms with Gasteiger partial charge in [0.15, 0.2) is 6.71 Å². The zero-order chi connectivity index (χ0) is 15.1. The first-order chi connectivity index (χ1) is 10.2. The molecule has 2 aromatic carbocycles. The number of ether oxygens (including phenoxy) is 2. The Hall–Kier alpha value is -1.97. The Labute approximate surface area is 126 Å². The smallest absolute Gasteiger partial charge is 0.169 e. The topological polar surface area (TPSA) is 18.5 Å². The van der Waals surface area contributed by atoms with Gasteiger partial charge >= 0.3 is 0 Å². The van der Waals surface area contributed by atoms with E-state index in [0.717, 1.165) is 11.3 Å².